The maximum absolute atomic E-state index is 10.5. The maximum Gasteiger partial charge on any atom is 0.335 e. The predicted octanol–water partition coefficient (Wildman–Crippen LogP) is 1.44. The molecule has 0 radical (unpaired) electrons. The summed E-state index contributed by atoms with van der Waals surface area (Å²) in [6.07, 6.45) is 3.76. The summed E-state index contributed by atoms with van der Waals surface area (Å²) < 4.78 is 9.35. The number of amides is 1. The molecular weight excluding hydrogens is 252 g/mol. The number of carbonyl (C=O) groups excluding carboxylic acids is 1. The summed E-state index contributed by atoms with van der Waals surface area (Å²) in [5.41, 5.74) is 0. The Morgan fingerprint density at radius 2 is 2.06 bits per heavy atom. The second kappa shape index (κ2) is 11.6. The van der Waals surface area contributed by atoms with Crippen molar-refractivity contribution in [2.45, 2.75) is 32.6 Å². The second-order valence-electron chi connectivity index (χ2n) is 3.15. The highest BCUT2D eigenvalue weighted by atomic mass is 31.2. The summed E-state index contributed by atoms with van der Waals surface area (Å²) in [7, 11) is -2.65. The Kier molecular flexibility index (Phi) is 11.8. The monoisotopic (exact) mass is 271 g/mol. The van der Waals surface area contributed by atoms with Gasteiger partial charge in [-0.2, -0.15) is 0 Å². The lowest BCUT2D eigenvalue weighted by molar-refractivity contribution is -0.118. The van der Waals surface area contributed by atoms with Crippen LogP contribution in [0.1, 0.15) is 32.6 Å². The van der Waals surface area contributed by atoms with E-state index in [4.69, 9.17) is 14.3 Å². The van der Waals surface area contributed by atoms with Crippen molar-refractivity contribution < 1.29 is 23.4 Å². The lowest BCUT2D eigenvalue weighted by Gasteiger charge is -2.07. The summed E-state index contributed by atoms with van der Waals surface area (Å²) in [5, 5.41) is 2.72. The van der Waals surface area contributed by atoms with Crippen LogP contribution in [0.2, 0.25) is 0 Å². The summed E-state index contributed by atoms with van der Waals surface area (Å²) in [5.74, 6) is -0.00348. The van der Waals surface area contributed by atoms with E-state index in [-0.39, 0.29) is 5.91 Å². The Morgan fingerprint density at radius 1 is 1.38 bits per heavy atom. The molecule has 0 aromatic rings. The molecule has 0 saturated carbocycles. The van der Waals surface area contributed by atoms with Gasteiger partial charge in [0.1, 0.15) is 0 Å². The van der Waals surface area contributed by atoms with Crippen molar-refractivity contribution in [3.63, 3.8) is 0 Å². The van der Waals surface area contributed by atoms with Crippen LogP contribution in [-0.4, -0.2) is 28.8 Å². The van der Waals surface area contributed by atoms with Crippen LogP contribution in [0.25, 0.3) is 0 Å². The van der Waals surface area contributed by atoms with Gasteiger partial charge >= 0.3 is 8.60 Å². The van der Waals surface area contributed by atoms with Gasteiger partial charge in [-0.15, -0.1) is 0 Å². The lowest BCUT2D eigenvalue weighted by Crippen LogP contribution is -2.20. The van der Waals surface area contributed by atoms with Gasteiger partial charge in [0.25, 0.3) is 0 Å². The van der Waals surface area contributed by atoms with Gasteiger partial charge in [-0.05, 0) is 12.8 Å². The first-order valence-corrected chi connectivity index (χ1v) is 7.07. The highest BCUT2D eigenvalue weighted by molar-refractivity contribution is 7.48. The highest BCUT2D eigenvalue weighted by Crippen LogP contribution is 2.39. The van der Waals surface area contributed by atoms with E-state index in [1.54, 1.807) is 0 Å². The van der Waals surface area contributed by atoms with Crippen LogP contribution in [0.3, 0.4) is 0 Å². The van der Waals surface area contributed by atoms with E-state index in [2.05, 4.69) is 9.63 Å². The van der Waals surface area contributed by atoms with Gasteiger partial charge in [0.05, 0.1) is 6.61 Å². The summed E-state index contributed by atoms with van der Waals surface area (Å²) >= 11 is 0. The molecule has 8 heteroatoms. The molecule has 0 spiro atoms. The van der Waals surface area contributed by atoms with Gasteiger partial charge in [0.15, 0.2) is 9.03 Å². The standard InChI is InChI=1S/C8H19NO5P2/c1-8(10)9-6-4-2-3-5-7-13-16(12)14-15-11/h11-12,15H,2-7H2,1H3,(H,9,10)/t16-/m1/s1. The fraction of sp³-hybridized carbons (Fsp3) is 0.875. The molecule has 96 valence electrons. The van der Waals surface area contributed by atoms with Gasteiger partial charge in [0.2, 0.25) is 5.91 Å². The van der Waals surface area contributed by atoms with Crippen LogP contribution in [0, 0.1) is 0 Å². The third kappa shape index (κ3) is 12.2. The molecule has 16 heavy (non-hydrogen) atoms. The van der Waals surface area contributed by atoms with E-state index < -0.39 is 17.6 Å². The van der Waals surface area contributed by atoms with Crippen molar-refractivity contribution in [3.8, 4) is 0 Å². The lowest BCUT2D eigenvalue weighted by atomic mass is 10.2. The van der Waals surface area contributed by atoms with Gasteiger partial charge in [0, 0.05) is 13.5 Å². The summed E-state index contributed by atoms with van der Waals surface area (Å²) in [4.78, 5) is 27.8. The molecule has 1 amide bonds. The average Bonchev–Trinajstić information content (AvgIpc) is 2.22. The Hall–Kier alpha value is 0.170. The molecule has 0 rings (SSSR count). The number of hydrogen-bond donors (Lipinski definition) is 3. The Bertz CT molecular complexity index is 184. The van der Waals surface area contributed by atoms with Crippen LogP contribution >= 0.6 is 17.6 Å². The fourth-order valence-corrected chi connectivity index (χ4v) is 1.82. The third-order valence-corrected chi connectivity index (χ3v) is 3.12. The maximum atomic E-state index is 10.5. The van der Waals surface area contributed by atoms with Crippen LogP contribution in [0.4, 0.5) is 0 Å². The second-order valence-corrected chi connectivity index (χ2v) is 4.80. The van der Waals surface area contributed by atoms with Crippen molar-refractivity contribution >= 4 is 23.5 Å². The molecule has 1 unspecified atom stereocenters. The first kappa shape index (κ1) is 16.2. The van der Waals surface area contributed by atoms with E-state index >= 15 is 0 Å². The largest absolute Gasteiger partial charge is 0.356 e. The number of unbranched alkanes of at least 4 members (excludes halogenated alkanes) is 3. The molecule has 2 atom stereocenters. The Balaban J connectivity index is 3.06. The molecule has 0 aromatic heterocycles. The molecular formula is C8H19NO5P2. The minimum absolute atomic E-state index is 0.00348. The number of rotatable bonds is 10. The molecule has 0 saturated heterocycles. The van der Waals surface area contributed by atoms with E-state index in [0.717, 1.165) is 25.7 Å². The summed E-state index contributed by atoms with van der Waals surface area (Å²) in [6.45, 7) is 2.63. The first-order chi connectivity index (χ1) is 7.66. The quantitative estimate of drug-likeness (QED) is 0.413. The number of hydrogen-bond acceptors (Lipinski definition) is 5. The third-order valence-electron chi connectivity index (χ3n) is 1.77. The van der Waals surface area contributed by atoms with E-state index in [0.29, 0.717) is 13.2 Å². The number of carbonyl (C=O) groups is 1. The minimum Gasteiger partial charge on any atom is -0.356 e. The topological polar surface area (TPSA) is 88.0 Å². The Morgan fingerprint density at radius 3 is 2.69 bits per heavy atom. The van der Waals surface area contributed by atoms with Crippen LogP contribution in [0.5, 0.6) is 0 Å². The molecule has 0 aliphatic rings. The SMILES string of the molecule is CC(=O)NCCCCCCO[P@@](O)OPO. The van der Waals surface area contributed by atoms with Gasteiger partial charge < -0.3 is 19.6 Å². The zero-order valence-electron chi connectivity index (χ0n) is 9.31. The van der Waals surface area contributed by atoms with Crippen LogP contribution in [-0.2, 0) is 13.6 Å². The van der Waals surface area contributed by atoms with E-state index in [9.17, 15) is 4.79 Å². The smallest absolute Gasteiger partial charge is 0.335 e. The molecule has 0 aliphatic heterocycles. The molecule has 0 fully saturated rings. The predicted molar refractivity (Wildman–Crippen MR) is 63.9 cm³/mol. The zero-order valence-corrected chi connectivity index (χ0v) is 11.2. The molecule has 3 N–H and O–H groups in total. The van der Waals surface area contributed by atoms with Gasteiger partial charge in [-0.1, -0.05) is 12.8 Å². The van der Waals surface area contributed by atoms with Crippen molar-refractivity contribution in [1.82, 2.24) is 5.32 Å². The van der Waals surface area contributed by atoms with Crippen LogP contribution < -0.4 is 5.32 Å². The molecule has 6 nitrogen and oxygen atoms in total. The van der Waals surface area contributed by atoms with E-state index in [1.807, 2.05) is 0 Å². The van der Waals surface area contributed by atoms with Gasteiger partial charge in [-0.3, -0.25) is 9.11 Å². The van der Waals surface area contributed by atoms with Crippen molar-refractivity contribution in [1.29, 1.82) is 0 Å². The molecule has 0 aliphatic carbocycles. The van der Waals surface area contributed by atoms with E-state index in [1.165, 1.54) is 6.92 Å². The van der Waals surface area contributed by atoms with Crippen molar-refractivity contribution in [2.75, 3.05) is 13.2 Å². The highest BCUT2D eigenvalue weighted by Gasteiger charge is 2.04. The fourth-order valence-electron chi connectivity index (χ4n) is 1.05. The van der Waals surface area contributed by atoms with Gasteiger partial charge in [-0.25, -0.2) is 0 Å². The minimum atomic E-state index is -1.91. The first-order valence-electron chi connectivity index (χ1n) is 5.09. The Labute approximate surface area is 98.7 Å². The van der Waals surface area contributed by atoms with Crippen molar-refractivity contribution in [2.24, 2.45) is 0 Å². The normalized spacial score (nSPS) is 13.2. The molecule has 0 heterocycles. The average molecular weight is 271 g/mol. The molecule has 0 aromatic carbocycles. The molecule has 0 bridgehead atoms. The summed E-state index contributed by atoms with van der Waals surface area (Å²) in [6, 6.07) is 0. The zero-order chi connectivity index (χ0) is 12.2. The number of nitrogens with one attached hydrogen (secondary N) is 1. The van der Waals surface area contributed by atoms with Crippen LogP contribution in [0.15, 0.2) is 0 Å². The van der Waals surface area contributed by atoms with Crippen molar-refractivity contribution in [3.05, 3.63) is 0 Å².